The zero-order valence-electron chi connectivity index (χ0n) is 14.8. The van der Waals surface area contributed by atoms with Crippen LogP contribution in [0.1, 0.15) is 63.8 Å². The fraction of sp³-hybridized carbons (Fsp3) is 0.824. The molecular formula is C17H29N5O2. The number of piperazine rings is 1. The van der Waals surface area contributed by atoms with Crippen molar-refractivity contribution in [3.63, 3.8) is 0 Å². The molecule has 2 fully saturated rings. The van der Waals surface area contributed by atoms with E-state index < -0.39 is 0 Å². The Morgan fingerprint density at radius 2 is 1.92 bits per heavy atom. The van der Waals surface area contributed by atoms with Crippen LogP contribution in [0, 0.1) is 0 Å². The molecule has 0 radical (unpaired) electrons. The van der Waals surface area contributed by atoms with E-state index in [-0.39, 0.29) is 12.1 Å². The van der Waals surface area contributed by atoms with Crippen LogP contribution in [0.15, 0.2) is 4.42 Å². The van der Waals surface area contributed by atoms with Crippen molar-refractivity contribution >= 4 is 6.03 Å². The average Bonchev–Trinajstić information content (AvgIpc) is 3.11. The normalized spacial score (nSPS) is 21.7. The van der Waals surface area contributed by atoms with Gasteiger partial charge in [-0.2, -0.15) is 0 Å². The van der Waals surface area contributed by atoms with Crippen LogP contribution < -0.4 is 5.32 Å². The van der Waals surface area contributed by atoms with E-state index in [2.05, 4.69) is 27.3 Å². The van der Waals surface area contributed by atoms with Gasteiger partial charge in [-0.3, -0.25) is 4.90 Å². The fourth-order valence-electron chi connectivity index (χ4n) is 3.56. The van der Waals surface area contributed by atoms with Gasteiger partial charge in [0, 0.05) is 38.6 Å². The molecule has 2 amide bonds. The predicted molar refractivity (Wildman–Crippen MR) is 90.6 cm³/mol. The highest BCUT2D eigenvalue weighted by molar-refractivity contribution is 5.74. The van der Waals surface area contributed by atoms with E-state index in [4.69, 9.17) is 4.42 Å². The van der Waals surface area contributed by atoms with Gasteiger partial charge in [0.1, 0.15) is 0 Å². The number of rotatable bonds is 4. The van der Waals surface area contributed by atoms with Gasteiger partial charge in [0.15, 0.2) is 0 Å². The molecule has 1 aliphatic carbocycles. The number of nitrogens with one attached hydrogen (secondary N) is 1. The van der Waals surface area contributed by atoms with Crippen molar-refractivity contribution in [2.45, 2.75) is 64.5 Å². The number of aromatic nitrogens is 2. The molecule has 3 rings (SSSR count). The van der Waals surface area contributed by atoms with Gasteiger partial charge in [0.05, 0.1) is 6.04 Å². The first-order valence-electron chi connectivity index (χ1n) is 9.29. The summed E-state index contributed by atoms with van der Waals surface area (Å²) >= 11 is 0. The number of carbonyl (C=O) groups is 1. The average molecular weight is 335 g/mol. The third-order valence-corrected chi connectivity index (χ3v) is 5.22. The molecule has 24 heavy (non-hydrogen) atoms. The minimum Gasteiger partial charge on any atom is -0.424 e. The minimum absolute atomic E-state index is 0.0975. The second kappa shape index (κ2) is 7.96. The lowest BCUT2D eigenvalue weighted by Crippen LogP contribution is -2.54. The lowest BCUT2D eigenvalue weighted by molar-refractivity contribution is 0.101. The largest absolute Gasteiger partial charge is 0.424 e. The van der Waals surface area contributed by atoms with Crippen molar-refractivity contribution in [2.24, 2.45) is 0 Å². The molecule has 0 aromatic carbocycles. The Morgan fingerprint density at radius 1 is 1.21 bits per heavy atom. The second-order valence-corrected chi connectivity index (χ2v) is 6.87. The van der Waals surface area contributed by atoms with Crippen LogP contribution in [-0.4, -0.2) is 58.2 Å². The van der Waals surface area contributed by atoms with Gasteiger partial charge < -0.3 is 14.6 Å². The van der Waals surface area contributed by atoms with E-state index in [0.29, 0.717) is 17.8 Å². The molecule has 7 nitrogen and oxygen atoms in total. The van der Waals surface area contributed by atoms with E-state index in [1.807, 2.05) is 11.8 Å². The van der Waals surface area contributed by atoms with Crippen LogP contribution in [0.4, 0.5) is 4.79 Å². The van der Waals surface area contributed by atoms with Gasteiger partial charge in [-0.1, -0.05) is 26.2 Å². The number of hydrogen-bond acceptors (Lipinski definition) is 5. The summed E-state index contributed by atoms with van der Waals surface area (Å²) in [5, 5.41) is 11.4. The molecule has 1 atom stereocenters. The lowest BCUT2D eigenvalue weighted by atomic mass is 9.96. The molecule has 134 valence electrons. The molecule has 1 saturated heterocycles. The van der Waals surface area contributed by atoms with Crippen molar-refractivity contribution in [3.05, 3.63) is 11.8 Å². The first-order chi connectivity index (χ1) is 11.7. The molecule has 7 heteroatoms. The summed E-state index contributed by atoms with van der Waals surface area (Å²) in [5.41, 5.74) is 0. The smallest absolute Gasteiger partial charge is 0.317 e. The molecule has 1 aromatic heterocycles. The number of nitrogens with zero attached hydrogens (tertiary/aromatic N) is 4. The lowest BCUT2D eigenvalue weighted by Gasteiger charge is -2.37. The first-order valence-corrected chi connectivity index (χ1v) is 9.29. The van der Waals surface area contributed by atoms with E-state index in [9.17, 15) is 4.79 Å². The van der Waals surface area contributed by atoms with E-state index in [0.717, 1.165) is 45.4 Å². The monoisotopic (exact) mass is 335 g/mol. The van der Waals surface area contributed by atoms with Gasteiger partial charge >= 0.3 is 6.03 Å². The third kappa shape index (κ3) is 4.06. The molecule has 2 heterocycles. The van der Waals surface area contributed by atoms with Crippen molar-refractivity contribution in [1.82, 2.24) is 25.3 Å². The molecule has 1 saturated carbocycles. The maximum atomic E-state index is 12.4. The number of hydrogen-bond donors (Lipinski definition) is 1. The van der Waals surface area contributed by atoms with Crippen LogP contribution in [0.25, 0.3) is 0 Å². The summed E-state index contributed by atoms with van der Waals surface area (Å²) in [5.74, 6) is 1.36. The van der Waals surface area contributed by atoms with Crippen LogP contribution in [0.5, 0.6) is 0 Å². The molecule has 1 N–H and O–H groups in total. The van der Waals surface area contributed by atoms with E-state index in [1.165, 1.54) is 19.3 Å². The van der Waals surface area contributed by atoms with Crippen molar-refractivity contribution < 1.29 is 9.21 Å². The van der Waals surface area contributed by atoms with Gasteiger partial charge in [0.25, 0.3) is 0 Å². The number of urea groups is 1. The first kappa shape index (κ1) is 17.2. The molecule has 0 bridgehead atoms. The number of aryl methyl sites for hydroxylation is 1. The highest BCUT2D eigenvalue weighted by Gasteiger charge is 2.28. The SMILES string of the molecule is CCc1nnc([C@H](C)N2CCN(C(=O)NC3CCCCC3)CC2)o1. The Bertz CT molecular complexity index is 533. The molecule has 2 aliphatic rings. The molecular weight excluding hydrogens is 306 g/mol. The molecule has 0 unspecified atom stereocenters. The minimum atomic E-state index is 0.0975. The Morgan fingerprint density at radius 3 is 2.54 bits per heavy atom. The van der Waals surface area contributed by atoms with Gasteiger partial charge in [-0.15, -0.1) is 10.2 Å². The van der Waals surface area contributed by atoms with Crippen LogP contribution in [-0.2, 0) is 6.42 Å². The summed E-state index contributed by atoms with van der Waals surface area (Å²) in [6.45, 7) is 7.26. The Labute approximate surface area is 143 Å². The van der Waals surface area contributed by atoms with Crippen LogP contribution >= 0.6 is 0 Å². The Hall–Kier alpha value is -1.63. The summed E-state index contributed by atoms with van der Waals surface area (Å²) in [7, 11) is 0. The zero-order valence-corrected chi connectivity index (χ0v) is 14.8. The van der Waals surface area contributed by atoms with E-state index in [1.54, 1.807) is 0 Å². The second-order valence-electron chi connectivity index (χ2n) is 6.87. The van der Waals surface area contributed by atoms with E-state index >= 15 is 0 Å². The maximum absolute atomic E-state index is 12.4. The maximum Gasteiger partial charge on any atom is 0.317 e. The third-order valence-electron chi connectivity index (χ3n) is 5.22. The summed E-state index contributed by atoms with van der Waals surface area (Å²) in [4.78, 5) is 16.6. The highest BCUT2D eigenvalue weighted by Crippen LogP contribution is 2.21. The Balaban J connectivity index is 1.47. The molecule has 0 spiro atoms. The topological polar surface area (TPSA) is 74.5 Å². The molecule has 1 aromatic rings. The Kier molecular flexibility index (Phi) is 5.71. The predicted octanol–water partition coefficient (Wildman–Crippen LogP) is 2.35. The van der Waals surface area contributed by atoms with Crippen LogP contribution in [0.2, 0.25) is 0 Å². The summed E-state index contributed by atoms with van der Waals surface area (Å²) in [6, 6.07) is 0.565. The quantitative estimate of drug-likeness (QED) is 0.914. The molecule has 1 aliphatic heterocycles. The standard InChI is InChI=1S/C17H29N5O2/c1-3-15-19-20-16(24-15)13(2)21-9-11-22(12-10-21)17(23)18-14-7-5-4-6-8-14/h13-14H,3-12H2,1-2H3,(H,18,23)/t13-/m0/s1. The van der Waals surface area contributed by atoms with Crippen molar-refractivity contribution in [3.8, 4) is 0 Å². The van der Waals surface area contributed by atoms with Crippen molar-refractivity contribution in [1.29, 1.82) is 0 Å². The summed E-state index contributed by atoms with van der Waals surface area (Å²) < 4.78 is 5.67. The summed E-state index contributed by atoms with van der Waals surface area (Å²) in [6.07, 6.45) is 6.78. The fourth-order valence-corrected chi connectivity index (χ4v) is 3.56. The zero-order chi connectivity index (χ0) is 16.9. The van der Waals surface area contributed by atoms with Crippen molar-refractivity contribution in [2.75, 3.05) is 26.2 Å². The highest BCUT2D eigenvalue weighted by atomic mass is 16.4. The number of amides is 2. The van der Waals surface area contributed by atoms with Gasteiger partial charge in [-0.05, 0) is 19.8 Å². The van der Waals surface area contributed by atoms with Gasteiger partial charge in [-0.25, -0.2) is 4.79 Å². The number of carbonyl (C=O) groups excluding carboxylic acids is 1. The van der Waals surface area contributed by atoms with Gasteiger partial charge in [0.2, 0.25) is 11.8 Å². The van der Waals surface area contributed by atoms with Crippen LogP contribution in [0.3, 0.4) is 0 Å².